The summed E-state index contributed by atoms with van der Waals surface area (Å²) in [5, 5.41) is 6.62. The van der Waals surface area contributed by atoms with Crippen LogP contribution in [-0.2, 0) is 0 Å². The van der Waals surface area contributed by atoms with Crippen molar-refractivity contribution in [2.24, 2.45) is 0 Å². The largest absolute Gasteiger partial charge is 0.315 e. The Morgan fingerprint density at radius 3 is 2.82 bits per heavy atom. The molecule has 0 aliphatic carbocycles. The molecule has 0 bridgehead atoms. The Hall–Kier alpha value is -0.150. The molecule has 0 radical (unpaired) electrons. The van der Waals surface area contributed by atoms with Crippen LogP contribution in [-0.4, -0.2) is 31.3 Å². The second-order valence-electron chi connectivity index (χ2n) is 3.72. The molecule has 64 valence electrons. The highest BCUT2D eigenvalue weighted by atomic mass is 19.1. The maximum atomic E-state index is 12.7. The predicted octanol–water partition coefficient (Wildman–Crippen LogP) is 0.440. The smallest absolute Gasteiger partial charge is 0.113 e. The molecule has 2 aliphatic heterocycles. The summed E-state index contributed by atoms with van der Waals surface area (Å²) in [6, 6.07) is 0. The topological polar surface area (TPSA) is 24.1 Å². The van der Waals surface area contributed by atoms with Crippen LogP contribution >= 0.6 is 0 Å². The Balaban J connectivity index is 1.94. The van der Waals surface area contributed by atoms with Crippen molar-refractivity contribution in [3.63, 3.8) is 0 Å². The lowest BCUT2D eigenvalue weighted by Crippen LogP contribution is -2.53. The average Bonchev–Trinajstić information content (AvgIpc) is 2.45. The van der Waals surface area contributed by atoms with E-state index in [1.54, 1.807) is 0 Å². The van der Waals surface area contributed by atoms with Crippen molar-refractivity contribution in [1.82, 2.24) is 10.6 Å². The van der Waals surface area contributed by atoms with Crippen molar-refractivity contribution in [2.75, 3.05) is 19.6 Å². The fourth-order valence-corrected chi connectivity index (χ4v) is 2.06. The van der Waals surface area contributed by atoms with Crippen LogP contribution in [0.2, 0.25) is 0 Å². The first kappa shape index (κ1) is 7.50. The molecule has 1 spiro atoms. The molecule has 2 N–H and O–H groups in total. The molecule has 2 fully saturated rings. The molecule has 2 rings (SSSR count). The Bertz CT molecular complexity index is 133. The Morgan fingerprint density at radius 2 is 2.27 bits per heavy atom. The summed E-state index contributed by atoms with van der Waals surface area (Å²) in [6.07, 6.45) is 2.30. The van der Waals surface area contributed by atoms with Crippen LogP contribution in [0.15, 0.2) is 0 Å². The van der Waals surface area contributed by atoms with Crippen molar-refractivity contribution in [3.8, 4) is 0 Å². The van der Waals surface area contributed by atoms with Gasteiger partial charge in [-0.25, -0.2) is 4.39 Å². The van der Waals surface area contributed by atoms with Gasteiger partial charge in [-0.2, -0.15) is 0 Å². The number of hydrogen-bond acceptors (Lipinski definition) is 2. The molecule has 0 aromatic rings. The molecule has 0 saturated carbocycles. The van der Waals surface area contributed by atoms with Gasteiger partial charge in [0.2, 0.25) is 0 Å². The van der Waals surface area contributed by atoms with E-state index in [9.17, 15) is 4.39 Å². The molecule has 0 aromatic carbocycles. The van der Waals surface area contributed by atoms with Gasteiger partial charge in [0.05, 0.1) is 0 Å². The number of hydrogen-bond donors (Lipinski definition) is 2. The molecule has 0 amide bonds. The summed E-state index contributed by atoms with van der Waals surface area (Å²) in [5.74, 6) is 0. The van der Waals surface area contributed by atoms with E-state index in [-0.39, 0.29) is 5.54 Å². The van der Waals surface area contributed by atoms with Crippen LogP contribution in [0.1, 0.15) is 19.3 Å². The van der Waals surface area contributed by atoms with E-state index in [0.717, 1.165) is 25.9 Å². The van der Waals surface area contributed by atoms with E-state index >= 15 is 0 Å². The third-order valence-corrected chi connectivity index (χ3v) is 2.88. The van der Waals surface area contributed by atoms with Crippen LogP contribution in [0.25, 0.3) is 0 Å². The number of rotatable bonds is 0. The van der Waals surface area contributed by atoms with Crippen molar-refractivity contribution in [1.29, 1.82) is 0 Å². The minimum atomic E-state index is -0.610. The molecular formula is C8H15FN2. The van der Waals surface area contributed by atoms with Gasteiger partial charge in [0, 0.05) is 18.6 Å². The van der Waals surface area contributed by atoms with E-state index in [4.69, 9.17) is 0 Å². The lowest BCUT2D eigenvalue weighted by Gasteiger charge is -2.35. The SMILES string of the molecule is FC1CCC2(CCNC2)NC1. The van der Waals surface area contributed by atoms with E-state index in [1.807, 2.05) is 0 Å². The zero-order valence-corrected chi connectivity index (χ0v) is 6.70. The lowest BCUT2D eigenvalue weighted by molar-refractivity contribution is 0.179. The molecule has 2 aliphatic rings. The summed E-state index contributed by atoms with van der Waals surface area (Å²) in [6.45, 7) is 2.67. The predicted molar refractivity (Wildman–Crippen MR) is 42.4 cm³/mol. The van der Waals surface area contributed by atoms with Crippen LogP contribution in [0, 0.1) is 0 Å². The van der Waals surface area contributed by atoms with Crippen LogP contribution in [0.3, 0.4) is 0 Å². The quantitative estimate of drug-likeness (QED) is 0.534. The van der Waals surface area contributed by atoms with Gasteiger partial charge in [0.1, 0.15) is 6.17 Å². The second-order valence-corrected chi connectivity index (χ2v) is 3.72. The highest BCUT2D eigenvalue weighted by molar-refractivity contribution is 4.99. The first-order valence-corrected chi connectivity index (χ1v) is 4.41. The zero-order valence-electron chi connectivity index (χ0n) is 6.70. The molecule has 2 unspecified atom stereocenters. The summed E-state index contributed by atoms with van der Waals surface area (Å²) in [4.78, 5) is 0. The Kier molecular flexibility index (Phi) is 1.85. The average molecular weight is 158 g/mol. The molecular weight excluding hydrogens is 143 g/mol. The third-order valence-electron chi connectivity index (χ3n) is 2.88. The monoisotopic (exact) mass is 158 g/mol. The van der Waals surface area contributed by atoms with Gasteiger partial charge < -0.3 is 10.6 Å². The standard InChI is InChI=1S/C8H15FN2/c9-7-1-2-8(11-5-7)3-4-10-6-8/h7,10-11H,1-6H2. The Labute approximate surface area is 66.5 Å². The molecule has 2 atom stereocenters. The van der Waals surface area contributed by atoms with Crippen molar-refractivity contribution in [3.05, 3.63) is 0 Å². The number of alkyl halides is 1. The van der Waals surface area contributed by atoms with Crippen LogP contribution in [0.4, 0.5) is 4.39 Å². The Morgan fingerprint density at radius 1 is 1.36 bits per heavy atom. The summed E-state index contributed by atoms with van der Waals surface area (Å²) in [7, 11) is 0. The minimum absolute atomic E-state index is 0.253. The van der Waals surface area contributed by atoms with Crippen LogP contribution in [0.5, 0.6) is 0 Å². The summed E-state index contributed by atoms with van der Waals surface area (Å²) in [5.41, 5.74) is 0.253. The molecule has 11 heavy (non-hydrogen) atoms. The van der Waals surface area contributed by atoms with Gasteiger partial charge >= 0.3 is 0 Å². The fraction of sp³-hybridized carbons (Fsp3) is 1.00. The van der Waals surface area contributed by atoms with Crippen LogP contribution < -0.4 is 10.6 Å². The molecule has 2 nitrogen and oxygen atoms in total. The number of halogens is 1. The minimum Gasteiger partial charge on any atom is -0.315 e. The first-order valence-electron chi connectivity index (χ1n) is 4.41. The van der Waals surface area contributed by atoms with Gasteiger partial charge in [-0.05, 0) is 25.8 Å². The van der Waals surface area contributed by atoms with Gasteiger partial charge in [0.25, 0.3) is 0 Å². The number of nitrogens with one attached hydrogen (secondary N) is 2. The zero-order chi connectivity index (χ0) is 7.73. The van der Waals surface area contributed by atoms with E-state index in [0.29, 0.717) is 6.54 Å². The first-order chi connectivity index (χ1) is 5.31. The second kappa shape index (κ2) is 2.72. The maximum absolute atomic E-state index is 12.7. The van der Waals surface area contributed by atoms with Crippen molar-refractivity contribution in [2.45, 2.75) is 31.0 Å². The fourth-order valence-electron chi connectivity index (χ4n) is 2.06. The van der Waals surface area contributed by atoms with Gasteiger partial charge in [-0.1, -0.05) is 0 Å². The summed E-state index contributed by atoms with van der Waals surface area (Å²) >= 11 is 0. The highest BCUT2D eigenvalue weighted by Crippen LogP contribution is 2.26. The molecule has 2 heterocycles. The lowest BCUT2D eigenvalue weighted by atomic mass is 9.88. The van der Waals surface area contributed by atoms with E-state index in [2.05, 4.69) is 10.6 Å². The van der Waals surface area contributed by atoms with Gasteiger partial charge in [0.15, 0.2) is 0 Å². The normalized spacial score (nSPS) is 45.0. The third kappa shape index (κ3) is 1.40. The van der Waals surface area contributed by atoms with Gasteiger partial charge in [-0.3, -0.25) is 0 Å². The maximum Gasteiger partial charge on any atom is 0.113 e. The molecule has 0 aromatic heterocycles. The van der Waals surface area contributed by atoms with Crippen molar-refractivity contribution < 1.29 is 4.39 Å². The molecule has 2 saturated heterocycles. The number of piperidine rings is 1. The van der Waals surface area contributed by atoms with Crippen molar-refractivity contribution >= 4 is 0 Å². The van der Waals surface area contributed by atoms with Gasteiger partial charge in [-0.15, -0.1) is 0 Å². The van der Waals surface area contributed by atoms with E-state index < -0.39 is 6.17 Å². The highest BCUT2D eigenvalue weighted by Gasteiger charge is 2.36. The van der Waals surface area contributed by atoms with E-state index in [1.165, 1.54) is 6.42 Å². The molecule has 3 heteroatoms. The summed E-state index contributed by atoms with van der Waals surface area (Å²) < 4.78 is 12.7.